The Morgan fingerprint density at radius 1 is 1.29 bits per heavy atom. The highest BCUT2D eigenvalue weighted by Gasteiger charge is 2.07. The summed E-state index contributed by atoms with van der Waals surface area (Å²) in [5, 5.41) is 1.06. The second kappa shape index (κ2) is 4.99. The summed E-state index contributed by atoms with van der Waals surface area (Å²) in [6.07, 6.45) is 3.94. The molecule has 0 spiro atoms. The molecule has 0 aliphatic rings. The SMILES string of the molecule is CCCCN(C)c1ncnc2cc(N)ccc12. The Bertz CT molecular complexity index is 510. The van der Waals surface area contributed by atoms with Gasteiger partial charge in [0.05, 0.1) is 5.52 Å². The molecule has 0 atom stereocenters. The summed E-state index contributed by atoms with van der Waals surface area (Å²) in [4.78, 5) is 10.8. The first-order chi connectivity index (χ1) is 8.22. The summed E-state index contributed by atoms with van der Waals surface area (Å²) in [6.45, 7) is 3.19. The summed E-state index contributed by atoms with van der Waals surface area (Å²) in [7, 11) is 2.06. The number of nitrogens with two attached hydrogens (primary N) is 1. The number of nitrogens with zero attached hydrogens (tertiary/aromatic N) is 3. The molecule has 1 aromatic heterocycles. The van der Waals surface area contributed by atoms with E-state index in [1.54, 1.807) is 6.33 Å². The lowest BCUT2D eigenvalue weighted by atomic mass is 10.2. The molecule has 0 saturated heterocycles. The molecule has 17 heavy (non-hydrogen) atoms. The minimum atomic E-state index is 0.735. The number of benzene rings is 1. The fourth-order valence-electron chi connectivity index (χ4n) is 1.87. The third-order valence-electron chi connectivity index (χ3n) is 2.85. The van der Waals surface area contributed by atoms with E-state index >= 15 is 0 Å². The Morgan fingerprint density at radius 3 is 2.88 bits per heavy atom. The zero-order valence-electron chi connectivity index (χ0n) is 10.3. The Morgan fingerprint density at radius 2 is 2.12 bits per heavy atom. The fraction of sp³-hybridized carbons (Fsp3) is 0.385. The number of aromatic nitrogens is 2. The molecule has 0 bridgehead atoms. The van der Waals surface area contributed by atoms with Crippen molar-refractivity contribution >= 4 is 22.4 Å². The molecular formula is C13H18N4. The molecule has 0 amide bonds. The van der Waals surface area contributed by atoms with Crippen LogP contribution in [0.1, 0.15) is 19.8 Å². The molecule has 2 rings (SSSR count). The Labute approximate surface area is 101 Å². The molecule has 0 aliphatic heterocycles. The molecule has 0 aliphatic carbocycles. The highest BCUT2D eigenvalue weighted by atomic mass is 15.2. The van der Waals surface area contributed by atoms with Crippen molar-refractivity contribution in [1.29, 1.82) is 0 Å². The predicted octanol–water partition coefficient (Wildman–Crippen LogP) is 2.45. The number of hydrogen-bond donors (Lipinski definition) is 1. The van der Waals surface area contributed by atoms with Gasteiger partial charge in [-0.25, -0.2) is 9.97 Å². The largest absolute Gasteiger partial charge is 0.399 e. The third kappa shape index (κ3) is 2.46. The summed E-state index contributed by atoms with van der Waals surface area (Å²) >= 11 is 0. The van der Waals surface area contributed by atoms with Crippen molar-refractivity contribution in [2.24, 2.45) is 0 Å². The van der Waals surface area contributed by atoms with Gasteiger partial charge in [-0.05, 0) is 24.6 Å². The van der Waals surface area contributed by atoms with Crippen LogP contribution >= 0.6 is 0 Å². The van der Waals surface area contributed by atoms with Gasteiger partial charge < -0.3 is 10.6 Å². The van der Waals surface area contributed by atoms with E-state index in [9.17, 15) is 0 Å². The summed E-state index contributed by atoms with van der Waals surface area (Å²) in [6, 6.07) is 5.76. The second-order valence-corrected chi connectivity index (χ2v) is 4.25. The van der Waals surface area contributed by atoms with Gasteiger partial charge in [0, 0.05) is 24.7 Å². The van der Waals surface area contributed by atoms with Gasteiger partial charge in [-0.15, -0.1) is 0 Å². The lowest BCUT2D eigenvalue weighted by molar-refractivity contribution is 0.761. The number of nitrogen functional groups attached to an aromatic ring is 1. The smallest absolute Gasteiger partial charge is 0.139 e. The summed E-state index contributed by atoms with van der Waals surface area (Å²) < 4.78 is 0. The van der Waals surface area contributed by atoms with Crippen LogP contribution in [-0.2, 0) is 0 Å². The van der Waals surface area contributed by atoms with E-state index in [0.717, 1.165) is 35.4 Å². The average molecular weight is 230 g/mol. The highest BCUT2D eigenvalue weighted by molar-refractivity contribution is 5.91. The molecule has 4 heteroatoms. The highest BCUT2D eigenvalue weighted by Crippen LogP contribution is 2.23. The average Bonchev–Trinajstić information content (AvgIpc) is 2.34. The first-order valence-electron chi connectivity index (χ1n) is 5.93. The number of hydrogen-bond acceptors (Lipinski definition) is 4. The van der Waals surface area contributed by atoms with Gasteiger partial charge >= 0.3 is 0 Å². The van der Waals surface area contributed by atoms with E-state index in [2.05, 4.69) is 28.8 Å². The van der Waals surface area contributed by atoms with Crippen LogP contribution in [0.4, 0.5) is 11.5 Å². The van der Waals surface area contributed by atoms with E-state index in [4.69, 9.17) is 5.73 Å². The van der Waals surface area contributed by atoms with Crippen LogP contribution in [0, 0.1) is 0 Å². The molecule has 4 nitrogen and oxygen atoms in total. The third-order valence-corrected chi connectivity index (χ3v) is 2.85. The van der Waals surface area contributed by atoms with Crippen LogP contribution in [0.25, 0.3) is 10.9 Å². The zero-order valence-corrected chi connectivity index (χ0v) is 10.3. The number of anilines is 2. The van der Waals surface area contributed by atoms with E-state index in [1.165, 1.54) is 6.42 Å². The van der Waals surface area contributed by atoms with E-state index < -0.39 is 0 Å². The van der Waals surface area contributed by atoms with E-state index in [-0.39, 0.29) is 0 Å². The lowest BCUT2D eigenvalue weighted by Gasteiger charge is -2.19. The normalized spacial score (nSPS) is 10.7. The molecule has 1 aromatic carbocycles. The van der Waals surface area contributed by atoms with Gasteiger partial charge in [0.15, 0.2) is 0 Å². The van der Waals surface area contributed by atoms with Crippen molar-refractivity contribution in [2.75, 3.05) is 24.2 Å². The molecule has 0 saturated carbocycles. The second-order valence-electron chi connectivity index (χ2n) is 4.25. The maximum absolute atomic E-state index is 5.76. The Hall–Kier alpha value is -1.84. The van der Waals surface area contributed by atoms with Gasteiger partial charge in [-0.2, -0.15) is 0 Å². The van der Waals surface area contributed by atoms with Crippen molar-refractivity contribution in [3.8, 4) is 0 Å². The van der Waals surface area contributed by atoms with Gasteiger partial charge in [-0.1, -0.05) is 13.3 Å². The molecule has 2 aromatic rings. The molecule has 0 unspecified atom stereocenters. The first-order valence-corrected chi connectivity index (χ1v) is 5.93. The van der Waals surface area contributed by atoms with Crippen molar-refractivity contribution in [1.82, 2.24) is 9.97 Å². The predicted molar refractivity (Wildman–Crippen MR) is 72.1 cm³/mol. The topological polar surface area (TPSA) is 55.0 Å². The lowest BCUT2D eigenvalue weighted by Crippen LogP contribution is -2.19. The standard InChI is InChI=1S/C13H18N4/c1-3-4-7-17(2)13-11-6-5-10(14)8-12(11)15-9-16-13/h5-6,8-9H,3-4,7,14H2,1-2H3. The number of fused-ring (bicyclic) bond motifs is 1. The van der Waals surface area contributed by atoms with Crippen LogP contribution in [0.15, 0.2) is 24.5 Å². The Kier molecular flexibility index (Phi) is 3.42. The fourth-order valence-corrected chi connectivity index (χ4v) is 1.87. The van der Waals surface area contributed by atoms with Crippen molar-refractivity contribution in [3.63, 3.8) is 0 Å². The van der Waals surface area contributed by atoms with Gasteiger partial charge in [-0.3, -0.25) is 0 Å². The minimum Gasteiger partial charge on any atom is -0.399 e. The van der Waals surface area contributed by atoms with E-state index in [1.807, 2.05) is 18.2 Å². The minimum absolute atomic E-state index is 0.735. The van der Waals surface area contributed by atoms with Gasteiger partial charge in [0.2, 0.25) is 0 Å². The first kappa shape index (κ1) is 11.6. The van der Waals surface area contributed by atoms with Gasteiger partial charge in [0.25, 0.3) is 0 Å². The molecule has 0 fully saturated rings. The molecule has 1 heterocycles. The van der Waals surface area contributed by atoms with Crippen molar-refractivity contribution in [2.45, 2.75) is 19.8 Å². The molecule has 0 radical (unpaired) electrons. The summed E-state index contributed by atoms with van der Waals surface area (Å²) in [5.74, 6) is 0.975. The summed E-state index contributed by atoms with van der Waals surface area (Å²) in [5.41, 5.74) is 7.39. The zero-order chi connectivity index (χ0) is 12.3. The molecule has 90 valence electrons. The van der Waals surface area contributed by atoms with Crippen LogP contribution in [0.3, 0.4) is 0 Å². The monoisotopic (exact) mass is 230 g/mol. The maximum Gasteiger partial charge on any atom is 0.139 e. The van der Waals surface area contributed by atoms with Crippen molar-refractivity contribution in [3.05, 3.63) is 24.5 Å². The maximum atomic E-state index is 5.76. The van der Waals surface area contributed by atoms with Crippen LogP contribution < -0.4 is 10.6 Å². The van der Waals surface area contributed by atoms with Crippen LogP contribution in [0.5, 0.6) is 0 Å². The van der Waals surface area contributed by atoms with E-state index in [0.29, 0.717) is 0 Å². The van der Waals surface area contributed by atoms with Gasteiger partial charge in [0.1, 0.15) is 12.1 Å². The van der Waals surface area contributed by atoms with Crippen molar-refractivity contribution < 1.29 is 0 Å². The van der Waals surface area contributed by atoms with Crippen LogP contribution in [-0.4, -0.2) is 23.6 Å². The number of unbranched alkanes of at least 4 members (excludes halogenated alkanes) is 1. The Balaban J connectivity index is 2.40. The molecule has 2 N–H and O–H groups in total. The number of rotatable bonds is 4. The molecular weight excluding hydrogens is 212 g/mol. The quantitative estimate of drug-likeness (QED) is 0.820. The van der Waals surface area contributed by atoms with Crippen LogP contribution in [0.2, 0.25) is 0 Å².